The smallest absolute Gasteiger partial charge is 0.327 e. The molecule has 152 valence electrons. The van der Waals surface area contributed by atoms with Gasteiger partial charge in [0.2, 0.25) is 17.7 Å². The second kappa shape index (κ2) is 9.38. The Hall–Kier alpha value is -1.85. The van der Waals surface area contributed by atoms with Crippen molar-refractivity contribution in [3.8, 4) is 0 Å². The van der Waals surface area contributed by atoms with Crippen LogP contribution in [0, 0.1) is 0 Å². The molecule has 0 aromatic rings. The first-order valence-corrected chi connectivity index (χ1v) is 9.56. The minimum Gasteiger partial charge on any atom is -0.480 e. The molecule has 4 atom stereocenters. The van der Waals surface area contributed by atoms with Gasteiger partial charge in [0.1, 0.15) is 24.2 Å². The van der Waals surface area contributed by atoms with Crippen LogP contribution in [0.1, 0.15) is 25.7 Å². The Labute approximate surface area is 162 Å². The monoisotopic (exact) mass is 402 g/mol. The van der Waals surface area contributed by atoms with Gasteiger partial charge in [0.25, 0.3) is 0 Å². The molecule has 2 aliphatic rings. The van der Waals surface area contributed by atoms with E-state index in [0.717, 1.165) is 0 Å². The molecule has 0 saturated carbocycles. The molecule has 0 aromatic carbocycles. The molecule has 0 bridgehead atoms. The number of nitrogens with one attached hydrogen (secondary N) is 1. The zero-order valence-electron chi connectivity index (χ0n) is 14.9. The summed E-state index contributed by atoms with van der Waals surface area (Å²) in [6.45, 7) is 0.222. The summed E-state index contributed by atoms with van der Waals surface area (Å²) in [6.07, 6.45) is 2.13. The van der Waals surface area contributed by atoms with Gasteiger partial charge in [-0.25, -0.2) is 4.79 Å². The van der Waals surface area contributed by atoms with Crippen LogP contribution >= 0.6 is 12.6 Å². The number of carbonyl (C=O) groups is 4. The van der Waals surface area contributed by atoms with E-state index in [9.17, 15) is 19.2 Å². The number of amides is 3. The number of thiol groups is 1. The van der Waals surface area contributed by atoms with Gasteiger partial charge in [0, 0.05) is 18.8 Å². The number of carboxylic acids is 1. The third-order valence-corrected chi connectivity index (χ3v) is 5.34. The zero-order chi connectivity index (χ0) is 20.1. The molecule has 11 heteroatoms. The summed E-state index contributed by atoms with van der Waals surface area (Å²) >= 11 is 3.92. The van der Waals surface area contributed by atoms with E-state index >= 15 is 0 Å². The number of aliphatic carboxylic acids is 1. The van der Waals surface area contributed by atoms with Crippen LogP contribution in [0.2, 0.25) is 0 Å². The number of rotatable bonds is 7. The van der Waals surface area contributed by atoms with Crippen molar-refractivity contribution in [1.82, 2.24) is 15.1 Å². The standard InChI is InChI=1S/C16H26N4O6S/c17-9(7-21)14(23)20-6-2-4-12(20)15(24)19-5-1-3-11(19)13(22)18-10(8-27)16(25)26/h9-12,21,27H,1-8,17H2,(H,18,22)(H,25,26). The minimum absolute atomic E-state index is 0.0638. The molecule has 2 heterocycles. The minimum atomic E-state index is -1.19. The molecule has 0 spiro atoms. The van der Waals surface area contributed by atoms with Crippen LogP contribution in [0.3, 0.4) is 0 Å². The van der Waals surface area contributed by atoms with Gasteiger partial charge >= 0.3 is 5.97 Å². The highest BCUT2D eigenvalue weighted by Gasteiger charge is 2.43. The van der Waals surface area contributed by atoms with Crippen LogP contribution < -0.4 is 11.1 Å². The number of likely N-dealkylation sites (tertiary alicyclic amines) is 2. The summed E-state index contributed by atoms with van der Waals surface area (Å²) < 4.78 is 0. The van der Waals surface area contributed by atoms with E-state index < -0.39 is 48.6 Å². The number of nitrogens with zero attached hydrogens (tertiary/aromatic N) is 2. The number of hydrogen-bond donors (Lipinski definition) is 5. The summed E-state index contributed by atoms with van der Waals surface area (Å²) in [5.41, 5.74) is 5.59. The van der Waals surface area contributed by atoms with Crippen molar-refractivity contribution >= 4 is 36.3 Å². The van der Waals surface area contributed by atoms with E-state index in [-0.39, 0.29) is 11.7 Å². The first-order valence-electron chi connectivity index (χ1n) is 8.93. The molecule has 0 aliphatic carbocycles. The van der Waals surface area contributed by atoms with Crippen LogP contribution in [-0.2, 0) is 19.2 Å². The Morgan fingerprint density at radius 3 is 2.26 bits per heavy atom. The maximum absolute atomic E-state index is 13.0. The highest BCUT2D eigenvalue weighted by Crippen LogP contribution is 2.25. The predicted octanol–water partition coefficient (Wildman–Crippen LogP) is -2.21. The molecule has 0 radical (unpaired) electrons. The first-order chi connectivity index (χ1) is 12.8. The third kappa shape index (κ3) is 4.71. The molecule has 3 amide bonds. The van der Waals surface area contributed by atoms with Crippen LogP contribution in [0.5, 0.6) is 0 Å². The quantitative estimate of drug-likeness (QED) is 0.303. The normalized spacial score (nSPS) is 24.6. The second-order valence-corrected chi connectivity index (χ2v) is 7.12. The predicted molar refractivity (Wildman–Crippen MR) is 98.0 cm³/mol. The van der Waals surface area contributed by atoms with E-state index in [1.807, 2.05) is 0 Å². The Balaban J connectivity index is 2.09. The molecule has 27 heavy (non-hydrogen) atoms. The van der Waals surface area contributed by atoms with Crippen LogP contribution in [0.15, 0.2) is 0 Å². The molecule has 4 unspecified atom stereocenters. The van der Waals surface area contributed by atoms with E-state index in [2.05, 4.69) is 17.9 Å². The summed E-state index contributed by atoms with van der Waals surface area (Å²) in [6, 6.07) is -3.71. The Bertz CT molecular complexity index is 603. The van der Waals surface area contributed by atoms with Gasteiger partial charge in [-0.2, -0.15) is 12.6 Å². The lowest BCUT2D eigenvalue weighted by Gasteiger charge is -2.32. The molecule has 2 fully saturated rings. The van der Waals surface area contributed by atoms with Gasteiger partial charge in [-0.05, 0) is 25.7 Å². The first kappa shape index (κ1) is 21.5. The Kier molecular flexibility index (Phi) is 7.45. The van der Waals surface area contributed by atoms with Crippen molar-refractivity contribution in [3.63, 3.8) is 0 Å². The third-order valence-electron chi connectivity index (χ3n) is 4.97. The number of aliphatic hydroxyl groups excluding tert-OH is 1. The maximum Gasteiger partial charge on any atom is 0.327 e. The summed E-state index contributed by atoms with van der Waals surface area (Å²) in [7, 11) is 0. The fourth-order valence-corrected chi connectivity index (χ4v) is 3.77. The topological polar surface area (TPSA) is 153 Å². The SMILES string of the molecule is NC(CO)C(=O)N1CCCC1C(=O)N1CCCC1C(=O)NC(CS)C(=O)O. The van der Waals surface area contributed by atoms with E-state index in [4.69, 9.17) is 15.9 Å². The second-order valence-electron chi connectivity index (χ2n) is 6.75. The van der Waals surface area contributed by atoms with Gasteiger partial charge in [-0.15, -0.1) is 0 Å². The fourth-order valence-electron chi connectivity index (χ4n) is 3.53. The molecular formula is C16H26N4O6S. The number of carbonyl (C=O) groups excluding carboxylic acids is 3. The summed E-state index contributed by atoms with van der Waals surface area (Å²) in [5, 5.41) is 20.6. The van der Waals surface area contributed by atoms with Gasteiger partial charge in [0.05, 0.1) is 6.61 Å². The summed E-state index contributed by atoms with van der Waals surface area (Å²) in [4.78, 5) is 51.6. The molecule has 10 nitrogen and oxygen atoms in total. The lowest BCUT2D eigenvalue weighted by molar-refractivity contribution is -0.148. The lowest BCUT2D eigenvalue weighted by atomic mass is 10.1. The molecule has 5 N–H and O–H groups in total. The zero-order valence-corrected chi connectivity index (χ0v) is 15.8. The van der Waals surface area contributed by atoms with Gasteiger partial charge in [-0.3, -0.25) is 14.4 Å². The number of nitrogens with two attached hydrogens (primary N) is 1. The Morgan fingerprint density at radius 1 is 1.11 bits per heavy atom. The molecule has 2 rings (SSSR count). The number of carboxylic acid groups (broad SMARTS) is 1. The Morgan fingerprint density at radius 2 is 1.70 bits per heavy atom. The van der Waals surface area contributed by atoms with E-state index in [1.165, 1.54) is 9.80 Å². The average molecular weight is 402 g/mol. The van der Waals surface area contributed by atoms with Crippen molar-refractivity contribution in [3.05, 3.63) is 0 Å². The van der Waals surface area contributed by atoms with E-state index in [0.29, 0.717) is 38.8 Å². The largest absolute Gasteiger partial charge is 0.480 e. The summed E-state index contributed by atoms with van der Waals surface area (Å²) in [5.74, 6) is -2.63. The molecule has 2 saturated heterocycles. The number of aliphatic hydroxyl groups is 1. The van der Waals surface area contributed by atoms with Gasteiger partial charge in [-0.1, -0.05) is 0 Å². The van der Waals surface area contributed by atoms with Crippen LogP contribution in [-0.4, -0.2) is 93.3 Å². The van der Waals surface area contributed by atoms with Crippen LogP contribution in [0.25, 0.3) is 0 Å². The maximum atomic E-state index is 13.0. The lowest BCUT2D eigenvalue weighted by Crippen LogP contribution is -2.56. The molecular weight excluding hydrogens is 376 g/mol. The fraction of sp³-hybridized carbons (Fsp3) is 0.750. The highest BCUT2D eigenvalue weighted by molar-refractivity contribution is 7.80. The van der Waals surface area contributed by atoms with Crippen molar-refractivity contribution in [2.75, 3.05) is 25.4 Å². The number of hydrogen-bond acceptors (Lipinski definition) is 7. The molecule has 0 aromatic heterocycles. The highest BCUT2D eigenvalue weighted by atomic mass is 32.1. The van der Waals surface area contributed by atoms with Crippen molar-refractivity contribution in [2.45, 2.75) is 49.9 Å². The van der Waals surface area contributed by atoms with Crippen molar-refractivity contribution < 1.29 is 29.4 Å². The van der Waals surface area contributed by atoms with Crippen molar-refractivity contribution in [1.29, 1.82) is 0 Å². The van der Waals surface area contributed by atoms with Crippen LogP contribution in [0.4, 0.5) is 0 Å². The van der Waals surface area contributed by atoms with Gasteiger partial charge < -0.3 is 31.1 Å². The average Bonchev–Trinajstić information content (AvgIpc) is 3.33. The van der Waals surface area contributed by atoms with Gasteiger partial charge in [0.15, 0.2) is 0 Å². The molecule has 2 aliphatic heterocycles. The van der Waals surface area contributed by atoms with Crippen molar-refractivity contribution in [2.24, 2.45) is 5.73 Å². The van der Waals surface area contributed by atoms with E-state index in [1.54, 1.807) is 0 Å².